The lowest BCUT2D eigenvalue weighted by Gasteiger charge is -2.28. The second-order valence-corrected chi connectivity index (χ2v) is 5.87. The monoisotopic (exact) mass is 228 g/mol. The third kappa shape index (κ3) is 5.83. The Balaban J connectivity index is 2.13. The lowest BCUT2D eigenvalue weighted by atomic mass is 9.94. The molecule has 2 unspecified atom stereocenters. The summed E-state index contributed by atoms with van der Waals surface area (Å²) in [5, 5.41) is 17.0. The van der Waals surface area contributed by atoms with Gasteiger partial charge in [-0.1, -0.05) is 20.3 Å². The summed E-state index contributed by atoms with van der Waals surface area (Å²) in [6.45, 7) is 9.05. The first-order valence-corrected chi connectivity index (χ1v) is 6.66. The highest BCUT2D eigenvalue weighted by Crippen LogP contribution is 2.15. The molecular weight excluding hydrogens is 200 g/mol. The highest BCUT2D eigenvalue weighted by Gasteiger charge is 2.22. The highest BCUT2D eigenvalue weighted by molar-refractivity contribution is 4.80. The van der Waals surface area contributed by atoms with Crippen molar-refractivity contribution in [3.8, 4) is 0 Å². The van der Waals surface area contributed by atoms with Crippen molar-refractivity contribution in [2.75, 3.05) is 19.6 Å². The summed E-state index contributed by atoms with van der Waals surface area (Å²) >= 11 is 0. The minimum atomic E-state index is -0.567. The first-order valence-electron chi connectivity index (χ1n) is 6.66. The standard InChI is InChI=1S/C13H28N2O/c1-11(2)8-13(3,16)10-14-9-12-6-4-5-7-15-12/h11-12,14-16H,4-10H2,1-3H3. The van der Waals surface area contributed by atoms with E-state index in [1.54, 1.807) is 0 Å². The molecule has 3 heteroatoms. The Hall–Kier alpha value is -0.120. The maximum Gasteiger partial charge on any atom is 0.0746 e. The maximum atomic E-state index is 10.1. The van der Waals surface area contributed by atoms with E-state index >= 15 is 0 Å². The molecule has 1 aliphatic heterocycles. The van der Waals surface area contributed by atoms with Crippen LogP contribution >= 0.6 is 0 Å². The SMILES string of the molecule is CC(C)CC(C)(O)CNCC1CCCCN1. The fourth-order valence-electron chi connectivity index (χ4n) is 2.57. The second-order valence-electron chi connectivity index (χ2n) is 5.87. The van der Waals surface area contributed by atoms with Gasteiger partial charge in [-0.25, -0.2) is 0 Å². The van der Waals surface area contributed by atoms with Gasteiger partial charge < -0.3 is 15.7 Å². The van der Waals surface area contributed by atoms with Crippen LogP contribution in [-0.4, -0.2) is 36.4 Å². The second kappa shape index (κ2) is 6.58. The van der Waals surface area contributed by atoms with E-state index in [-0.39, 0.29) is 0 Å². The van der Waals surface area contributed by atoms with E-state index in [2.05, 4.69) is 24.5 Å². The Labute approximate surface area is 100 Å². The van der Waals surface area contributed by atoms with E-state index in [9.17, 15) is 5.11 Å². The van der Waals surface area contributed by atoms with E-state index in [0.717, 1.165) is 19.5 Å². The molecule has 1 saturated heterocycles. The number of rotatable bonds is 6. The van der Waals surface area contributed by atoms with Crippen LogP contribution in [0.2, 0.25) is 0 Å². The Morgan fingerprint density at radius 2 is 2.19 bits per heavy atom. The highest BCUT2D eigenvalue weighted by atomic mass is 16.3. The number of hydrogen-bond donors (Lipinski definition) is 3. The minimum Gasteiger partial charge on any atom is -0.389 e. The third-order valence-corrected chi connectivity index (χ3v) is 3.16. The molecule has 3 N–H and O–H groups in total. The molecule has 1 rings (SSSR count). The predicted molar refractivity (Wildman–Crippen MR) is 68.6 cm³/mol. The average molecular weight is 228 g/mol. The molecule has 1 fully saturated rings. The Bertz CT molecular complexity index is 186. The fourth-order valence-corrected chi connectivity index (χ4v) is 2.57. The van der Waals surface area contributed by atoms with Crippen LogP contribution in [-0.2, 0) is 0 Å². The number of hydrogen-bond acceptors (Lipinski definition) is 3. The Morgan fingerprint density at radius 1 is 1.44 bits per heavy atom. The molecule has 0 aromatic rings. The molecule has 0 radical (unpaired) electrons. The lowest BCUT2D eigenvalue weighted by Crippen LogP contribution is -2.46. The predicted octanol–water partition coefficient (Wildman–Crippen LogP) is 1.52. The van der Waals surface area contributed by atoms with Gasteiger partial charge in [0.2, 0.25) is 0 Å². The van der Waals surface area contributed by atoms with E-state index in [4.69, 9.17) is 0 Å². The van der Waals surface area contributed by atoms with Crippen LogP contribution in [0.15, 0.2) is 0 Å². The van der Waals surface area contributed by atoms with Gasteiger partial charge in [0.1, 0.15) is 0 Å². The van der Waals surface area contributed by atoms with Gasteiger partial charge in [-0.05, 0) is 38.6 Å². The smallest absolute Gasteiger partial charge is 0.0746 e. The zero-order chi connectivity index (χ0) is 12.0. The average Bonchev–Trinajstić information content (AvgIpc) is 2.16. The van der Waals surface area contributed by atoms with E-state index < -0.39 is 5.60 Å². The molecule has 1 aliphatic rings. The van der Waals surface area contributed by atoms with Crippen LogP contribution in [0.25, 0.3) is 0 Å². The molecule has 0 saturated carbocycles. The zero-order valence-electron chi connectivity index (χ0n) is 11.1. The molecule has 0 spiro atoms. The maximum absolute atomic E-state index is 10.1. The van der Waals surface area contributed by atoms with Crippen molar-refractivity contribution >= 4 is 0 Å². The van der Waals surface area contributed by atoms with Crippen LogP contribution in [0.3, 0.4) is 0 Å². The molecule has 0 amide bonds. The summed E-state index contributed by atoms with van der Waals surface area (Å²) in [5.41, 5.74) is -0.567. The van der Waals surface area contributed by atoms with Gasteiger partial charge in [0.25, 0.3) is 0 Å². The van der Waals surface area contributed by atoms with Crippen molar-refractivity contribution in [3.63, 3.8) is 0 Å². The summed E-state index contributed by atoms with van der Waals surface area (Å²) < 4.78 is 0. The van der Waals surface area contributed by atoms with Crippen LogP contribution in [0.5, 0.6) is 0 Å². The van der Waals surface area contributed by atoms with E-state index in [1.807, 2.05) is 6.92 Å². The summed E-state index contributed by atoms with van der Waals surface area (Å²) in [6.07, 6.45) is 4.76. The van der Waals surface area contributed by atoms with Crippen LogP contribution in [0.1, 0.15) is 46.5 Å². The summed E-state index contributed by atoms with van der Waals surface area (Å²) in [5.74, 6) is 0.546. The van der Waals surface area contributed by atoms with Gasteiger partial charge in [-0.3, -0.25) is 0 Å². The summed E-state index contributed by atoms with van der Waals surface area (Å²) in [7, 11) is 0. The zero-order valence-corrected chi connectivity index (χ0v) is 11.1. The first kappa shape index (κ1) is 13.9. The van der Waals surface area contributed by atoms with Crippen LogP contribution in [0.4, 0.5) is 0 Å². The van der Waals surface area contributed by atoms with E-state index in [0.29, 0.717) is 18.5 Å². The molecule has 3 nitrogen and oxygen atoms in total. The van der Waals surface area contributed by atoms with Gasteiger partial charge in [-0.2, -0.15) is 0 Å². The van der Waals surface area contributed by atoms with Crippen molar-refractivity contribution in [2.45, 2.75) is 58.1 Å². The van der Waals surface area contributed by atoms with Crippen molar-refractivity contribution in [3.05, 3.63) is 0 Å². The van der Waals surface area contributed by atoms with E-state index in [1.165, 1.54) is 19.3 Å². The van der Waals surface area contributed by atoms with Crippen molar-refractivity contribution in [2.24, 2.45) is 5.92 Å². The van der Waals surface area contributed by atoms with Gasteiger partial charge in [0.15, 0.2) is 0 Å². The molecule has 0 bridgehead atoms. The van der Waals surface area contributed by atoms with Crippen LogP contribution in [0, 0.1) is 5.92 Å². The molecule has 0 aromatic carbocycles. The van der Waals surface area contributed by atoms with Crippen LogP contribution < -0.4 is 10.6 Å². The third-order valence-electron chi connectivity index (χ3n) is 3.16. The largest absolute Gasteiger partial charge is 0.389 e. The van der Waals surface area contributed by atoms with Gasteiger partial charge in [-0.15, -0.1) is 0 Å². The molecule has 96 valence electrons. The topological polar surface area (TPSA) is 44.3 Å². The molecule has 16 heavy (non-hydrogen) atoms. The Morgan fingerprint density at radius 3 is 2.75 bits per heavy atom. The first-order chi connectivity index (χ1) is 7.49. The van der Waals surface area contributed by atoms with Gasteiger partial charge >= 0.3 is 0 Å². The quantitative estimate of drug-likeness (QED) is 0.646. The molecule has 2 atom stereocenters. The van der Waals surface area contributed by atoms with Crippen molar-refractivity contribution < 1.29 is 5.11 Å². The Kier molecular flexibility index (Phi) is 5.73. The minimum absolute atomic E-state index is 0.546. The normalized spacial score (nSPS) is 25.7. The summed E-state index contributed by atoms with van der Waals surface area (Å²) in [4.78, 5) is 0. The molecule has 1 heterocycles. The number of piperidine rings is 1. The van der Waals surface area contributed by atoms with Crippen molar-refractivity contribution in [1.82, 2.24) is 10.6 Å². The molecule has 0 aromatic heterocycles. The van der Waals surface area contributed by atoms with Gasteiger partial charge in [0.05, 0.1) is 5.60 Å². The molecule has 0 aliphatic carbocycles. The fraction of sp³-hybridized carbons (Fsp3) is 1.00. The van der Waals surface area contributed by atoms with Gasteiger partial charge in [0, 0.05) is 19.1 Å². The van der Waals surface area contributed by atoms with Crippen molar-refractivity contribution in [1.29, 1.82) is 0 Å². The number of aliphatic hydroxyl groups is 1. The summed E-state index contributed by atoms with van der Waals surface area (Å²) in [6, 6.07) is 0.601. The molecular formula is C13H28N2O. The number of nitrogens with one attached hydrogen (secondary N) is 2. The lowest BCUT2D eigenvalue weighted by molar-refractivity contribution is 0.0380.